The summed E-state index contributed by atoms with van der Waals surface area (Å²) in [6.07, 6.45) is 5.56. The van der Waals surface area contributed by atoms with Crippen LogP contribution in [0, 0.1) is 11.3 Å². The van der Waals surface area contributed by atoms with E-state index in [1.807, 2.05) is 68.4 Å². The Morgan fingerprint density at radius 1 is 0.717 bits per heavy atom. The molecule has 0 spiro atoms. The highest BCUT2D eigenvalue weighted by Crippen LogP contribution is 2.19. The van der Waals surface area contributed by atoms with E-state index < -0.39 is 71.7 Å². The highest BCUT2D eigenvalue weighted by molar-refractivity contribution is 5.97. The fourth-order valence-corrected chi connectivity index (χ4v) is 6.53. The minimum absolute atomic E-state index is 0.0260. The number of rotatable bonds is 23. The first-order valence-electron chi connectivity index (χ1n) is 19.8. The molecule has 0 aliphatic rings. The van der Waals surface area contributed by atoms with Gasteiger partial charge in [-0.05, 0) is 55.7 Å². The number of carbonyl (C=O) groups excluding carboxylic acids is 6. The van der Waals surface area contributed by atoms with Gasteiger partial charge in [-0.1, -0.05) is 62.4 Å². The lowest BCUT2D eigenvalue weighted by molar-refractivity contribution is -0.135. The lowest BCUT2D eigenvalue weighted by Crippen LogP contribution is -2.59. The Morgan fingerprint density at radius 2 is 1.33 bits per heavy atom. The number of nitrogens with zero attached hydrogens (tertiary/aromatic N) is 1. The van der Waals surface area contributed by atoms with Crippen LogP contribution in [-0.2, 0) is 48.0 Å². The van der Waals surface area contributed by atoms with Crippen LogP contribution in [0.15, 0.2) is 73.3 Å². The maximum Gasteiger partial charge on any atom is 0.243 e. The number of hydrogen-bond donors (Lipinski definition) is 12. The van der Waals surface area contributed by atoms with Crippen molar-refractivity contribution in [1.82, 2.24) is 46.9 Å². The predicted octanol–water partition coefficient (Wildman–Crippen LogP) is -0.515. The SMILES string of the molecule is CC(C)C[C@H](NC(=O)[C@H](CCCNC(=N)N)NC(=O)[C@H](C)NC(=O)[C@H](Cc1c[nH]cn1)NC(=O)[C@H](Cc1c[nH]c2ccccc12)NC(=O)[C@@H](N)Cc1ccccc1)C(N)=O. The van der Waals surface area contributed by atoms with Gasteiger partial charge in [0.2, 0.25) is 35.4 Å². The van der Waals surface area contributed by atoms with E-state index in [-0.39, 0.29) is 50.5 Å². The standard InChI is InChI=1S/C41H57N13O6/c1-23(2)16-32(35(43)55)52-38(58)31(14-9-15-47-41(44)45)51-36(56)24(3)50-39(59)34(19-27-21-46-22-49-27)54-40(60)33(18-26-20-48-30-13-8-7-12-28(26)30)53-37(57)29(42)17-25-10-5-4-6-11-25/h4-8,10-13,20-24,29,31-34,48H,9,14-19,42H2,1-3H3,(H2,43,55)(H,46,49)(H,50,59)(H,51,56)(H,52,58)(H,53,57)(H,54,60)(H4,44,45,47)/t24-,29-,31-,32-,33-,34-/m0/s1. The van der Waals surface area contributed by atoms with Gasteiger partial charge in [0.1, 0.15) is 30.2 Å². The number of para-hydroxylation sites is 1. The number of nitrogens with two attached hydrogens (primary N) is 3. The van der Waals surface area contributed by atoms with Crippen molar-refractivity contribution in [2.45, 2.75) is 95.5 Å². The van der Waals surface area contributed by atoms with Crippen LogP contribution in [0.2, 0.25) is 0 Å². The molecule has 6 atom stereocenters. The van der Waals surface area contributed by atoms with Gasteiger partial charge in [-0.3, -0.25) is 34.2 Å². The molecule has 6 amide bonds. The van der Waals surface area contributed by atoms with E-state index in [9.17, 15) is 28.8 Å². The van der Waals surface area contributed by atoms with Crippen LogP contribution in [-0.4, -0.2) is 99.2 Å². The summed E-state index contributed by atoms with van der Waals surface area (Å²) in [6.45, 7) is 5.36. The molecular formula is C41H57N13O6. The number of aromatic nitrogens is 3. The number of imidazole rings is 1. The minimum Gasteiger partial charge on any atom is -0.370 e. The number of fused-ring (bicyclic) bond motifs is 1. The van der Waals surface area contributed by atoms with E-state index in [2.05, 4.69) is 46.9 Å². The van der Waals surface area contributed by atoms with Crippen molar-refractivity contribution in [2.75, 3.05) is 6.54 Å². The zero-order valence-corrected chi connectivity index (χ0v) is 34.0. The summed E-state index contributed by atoms with van der Waals surface area (Å²) < 4.78 is 0. The van der Waals surface area contributed by atoms with Crippen LogP contribution in [0.5, 0.6) is 0 Å². The van der Waals surface area contributed by atoms with Gasteiger partial charge in [0.15, 0.2) is 5.96 Å². The normalized spacial score (nSPS) is 14.2. The number of carbonyl (C=O) groups is 6. The Balaban J connectivity index is 1.52. The lowest BCUT2D eigenvalue weighted by atomic mass is 10.0. The second kappa shape index (κ2) is 22.4. The van der Waals surface area contributed by atoms with Crippen molar-refractivity contribution in [1.29, 1.82) is 5.41 Å². The average molecular weight is 828 g/mol. The summed E-state index contributed by atoms with van der Waals surface area (Å²) >= 11 is 0. The maximum atomic E-state index is 14.2. The fourth-order valence-electron chi connectivity index (χ4n) is 6.53. The van der Waals surface area contributed by atoms with Crippen molar-refractivity contribution in [3.8, 4) is 0 Å². The first-order chi connectivity index (χ1) is 28.6. The number of aromatic amines is 2. The number of benzene rings is 2. The molecule has 0 bridgehead atoms. The Morgan fingerprint density at radius 3 is 2.00 bits per heavy atom. The minimum atomic E-state index is -1.28. The zero-order valence-electron chi connectivity index (χ0n) is 34.0. The fraction of sp³-hybridized carbons (Fsp3) is 0.415. The van der Waals surface area contributed by atoms with Gasteiger partial charge >= 0.3 is 0 Å². The lowest BCUT2D eigenvalue weighted by Gasteiger charge is -2.26. The predicted molar refractivity (Wildman–Crippen MR) is 226 cm³/mol. The van der Waals surface area contributed by atoms with Crippen LogP contribution in [0.1, 0.15) is 56.9 Å². The van der Waals surface area contributed by atoms with Gasteiger partial charge in [0, 0.05) is 42.7 Å². The number of hydrogen-bond acceptors (Lipinski definition) is 9. The monoisotopic (exact) mass is 827 g/mol. The maximum absolute atomic E-state index is 14.2. The molecule has 0 radical (unpaired) electrons. The first kappa shape index (κ1) is 45.9. The molecule has 2 aromatic carbocycles. The highest BCUT2D eigenvalue weighted by atomic mass is 16.2. The summed E-state index contributed by atoms with van der Waals surface area (Å²) in [6, 6.07) is 9.92. The molecule has 15 N–H and O–H groups in total. The molecule has 19 nitrogen and oxygen atoms in total. The van der Waals surface area contributed by atoms with Crippen LogP contribution < -0.4 is 49.1 Å². The van der Waals surface area contributed by atoms with E-state index in [0.29, 0.717) is 12.1 Å². The summed E-state index contributed by atoms with van der Waals surface area (Å²) in [5.41, 5.74) is 20.1. The Hall–Kier alpha value is -6.76. The zero-order chi connectivity index (χ0) is 43.8. The van der Waals surface area contributed by atoms with Gasteiger partial charge in [0.25, 0.3) is 0 Å². The summed E-state index contributed by atoms with van der Waals surface area (Å²) in [7, 11) is 0. The van der Waals surface area contributed by atoms with Crippen LogP contribution in [0.3, 0.4) is 0 Å². The second-order valence-corrected chi connectivity index (χ2v) is 15.1. The molecule has 4 aromatic rings. The van der Waals surface area contributed by atoms with E-state index >= 15 is 0 Å². The van der Waals surface area contributed by atoms with Crippen molar-refractivity contribution in [2.24, 2.45) is 23.1 Å². The van der Waals surface area contributed by atoms with Gasteiger partial charge in [-0.2, -0.15) is 0 Å². The largest absolute Gasteiger partial charge is 0.370 e. The number of primary amides is 1. The molecule has 322 valence electrons. The summed E-state index contributed by atoms with van der Waals surface area (Å²) in [5, 5.41) is 24.3. The number of H-pyrrole nitrogens is 2. The van der Waals surface area contributed by atoms with Gasteiger partial charge in [-0.15, -0.1) is 0 Å². The molecule has 0 saturated carbocycles. The van der Waals surface area contributed by atoms with Crippen LogP contribution >= 0.6 is 0 Å². The third-order valence-corrected chi connectivity index (χ3v) is 9.71. The van der Waals surface area contributed by atoms with E-state index in [1.54, 1.807) is 12.4 Å². The molecule has 0 aliphatic heterocycles. The molecule has 0 fully saturated rings. The molecule has 60 heavy (non-hydrogen) atoms. The van der Waals surface area contributed by atoms with Crippen molar-refractivity contribution in [3.05, 3.63) is 90.1 Å². The molecule has 0 unspecified atom stereocenters. The molecule has 4 rings (SSSR count). The van der Waals surface area contributed by atoms with Gasteiger partial charge in [-0.25, -0.2) is 4.98 Å². The van der Waals surface area contributed by atoms with Crippen molar-refractivity contribution >= 4 is 52.3 Å². The molecule has 0 aliphatic carbocycles. The van der Waals surface area contributed by atoms with Crippen molar-refractivity contribution in [3.63, 3.8) is 0 Å². The molecule has 0 saturated heterocycles. The van der Waals surface area contributed by atoms with Gasteiger partial charge < -0.3 is 59.1 Å². The van der Waals surface area contributed by atoms with Gasteiger partial charge in [0.05, 0.1) is 18.1 Å². The molecular weight excluding hydrogens is 771 g/mol. The second-order valence-electron chi connectivity index (χ2n) is 15.1. The molecule has 19 heteroatoms. The first-order valence-corrected chi connectivity index (χ1v) is 19.8. The Labute approximate surface area is 348 Å². The van der Waals surface area contributed by atoms with Crippen LogP contribution in [0.4, 0.5) is 0 Å². The Bertz CT molecular complexity index is 2070. The van der Waals surface area contributed by atoms with E-state index in [4.69, 9.17) is 22.6 Å². The highest BCUT2D eigenvalue weighted by Gasteiger charge is 2.32. The third-order valence-electron chi connectivity index (χ3n) is 9.71. The number of guanidine groups is 1. The smallest absolute Gasteiger partial charge is 0.243 e. The van der Waals surface area contributed by atoms with E-state index in [0.717, 1.165) is 22.0 Å². The van der Waals surface area contributed by atoms with Crippen LogP contribution in [0.25, 0.3) is 10.9 Å². The Kier molecular flexibility index (Phi) is 17.2. The average Bonchev–Trinajstić information content (AvgIpc) is 3.88. The number of amides is 6. The van der Waals surface area contributed by atoms with Crippen molar-refractivity contribution < 1.29 is 28.8 Å². The molecule has 2 heterocycles. The number of nitrogens with one attached hydrogen (secondary N) is 9. The molecule has 2 aromatic heterocycles. The summed E-state index contributed by atoms with van der Waals surface area (Å²) in [4.78, 5) is 91.0. The summed E-state index contributed by atoms with van der Waals surface area (Å²) in [5.74, 6) is -4.37. The third kappa shape index (κ3) is 14.3. The van der Waals surface area contributed by atoms with E-state index in [1.165, 1.54) is 13.3 Å². The topological polar surface area (TPSA) is 321 Å². The quantitative estimate of drug-likeness (QED) is 0.0258.